The predicted molar refractivity (Wildman–Crippen MR) is 164 cm³/mol. The maximum absolute atomic E-state index is 12.4. The Hall–Kier alpha value is -3.82. The number of ether oxygens (including phenoxy) is 2. The lowest BCUT2D eigenvalue weighted by molar-refractivity contribution is -0.121. The third-order valence-corrected chi connectivity index (χ3v) is 7.95. The minimum Gasteiger partial charge on any atom is -0.493 e. The highest BCUT2D eigenvalue weighted by Gasteiger charge is 2.16. The van der Waals surface area contributed by atoms with E-state index in [9.17, 15) is 4.79 Å². The molecule has 10 heteroatoms. The van der Waals surface area contributed by atoms with Gasteiger partial charge in [0, 0.05) is 35.7 Å². The Morgan fingerprint density at radius 2 is 1.85 bits per heavy atom. The number of methoxy groups -OCH3 is 2. The van der Waals surface area contributed by atoms with Crippen molar-refractivity contribution in [3.8, 4) is 11.5 Å². The number of hydrogen-bond donors (Lipinski definition) is 1. The zero-order valence-electron chi connectivity index (χ0n) is 23.3. The SMILES string of the molecule is COc1ccc(CCNC(=O)CCCSc2nnc3c4cc(C)ccc4n(Cc4cccc(Cl)c4)c3n2)cc1OC. The highest BCUT2D eigenvalue weighted by Crippen LogP contribution is 2.30. The second-order valence-corrected chi connectivity index (χ2v) is 11.2. The van der Waals surface area contributed by atoms with E-state index in [-0.39, 0.29) is 5.91 Å². The summed E-state index contributed by atoms with van der Waals surface area (Å²) >= 11 is 7.76. The molecule has 0 saturated carbocycles. The predicted octanol–water partition coefficient (Wildman–Crippen LogP) is 6.24. The molecular weight excluding hydrogens is 558 g/mol. The van der Waals surface area contributed by atoms with Crippen LogP contribution in [0.3, 0.4) is 0 Å². The summed E-state index contributed by atoms with van der Waals surface area (Å²) in [5.74, 6) is 2.11. The van der Waals surface area contributed by atoms with E-state index in [1.165, 1.54) is 11.8 Å². The first kappa shape index (κ1) is 28.7. The zero-order valence-corrected chi connectivity index (χ0v) is 24.9. The molecule has 0 aliphatic heterocycles. The van der Waals surface area contributed by atoms with E-state index < -0.39 is 0 Å². The summed E-state index contributed by atoms with van der Waals surface area (Å²) < 4.78 is 12.8. The Kier molecular flexibility index (Phi) is 9.26. The monoisotopic (exact) mass is 589 g/mol. The van der Waals surface area contributed by atoms with Gasteiger partial charge >= 0.3 is 0 Å². The number of amides is 1. The Morgan fingerprint density at radius 3 is 2.66 bits per heavy atom. The second-order valence-electron chi connectivity index (χ2n) is 9.74. The van der Waals surface area contributed by atoms with E-state index in [0.717, 1.165) is 38.8 Å². The van der Waals surface area contributed by atoms with Crippen LogP contribution in [0.2, 0.25) is 5.02 Å². The molecule has 0 unspecified atom stereocenters. The summed E-state index contributed by atoms with van der Waals surface area (Å²) in [6, 6.07) is 20.0. The maximum atomic E-state index is 12.4. The number of nitrogens with zero attached hydrogens (tertiary/aromatic N) is 4. The minimum absolute atomic E-state index is 0.0255. The van der Waals surface area contributed by atoms with E-state index in [4.69, 9.17) is 26.1 Å². The first-order chi connectivity index (χ1) is 19.9. The minimum atomic E-state index is 0.0255. The Bertz CT molecular complexity index is 1690. The van der Waals surface area contributed by atoms with Gasteiger partial charge in [-0.05, 0) is 67.3 Å². The molecule has 5 rings (SSSR count). The summed E-state index contributed by atoms with van der Waals surface area (Å²) in [6.45, 7) is 3.24. The van der Waals surface area contributed by atoms with Gasteiger partial charge in [-0.3, -0.25) is 4.79 Å². The van der Waals surface area contributed by atoms with Crippen LogP contribution >= 0.6 is 23.4 Å². The number of aryl methyl sites for hydroxylation is 1. The van der Waals surface area contributed by atoms with Crippen molar-refractivity contribution in [3.05, 3.63) is 82.4 Å². The average molecular weight is 590 g/mol. The highest BCUT2D eigenvalue weighted by molar-refractivity contribution is 7.99. The van der Waals surface area contributed by atoms with Crippen molar-refractivity contribution in [2.24, 2.45) is 0 Å². The van der Waals surface area contributed by atoms with Crippen LogP contribution in [0.4, 0.5) is 0 Å². The van der Waals surface area contributed by atoms with Gasteiger partial charge in [-0.15, -0.1) is 10.2 Å². The van der Waals surface area contributed by atoms with Crippen molar-refractivity contribution in [2.75, 3.05) is 26.5 Å². The van der Waals surface area contributed by atoms with Crippen LogP contribution in [0, 0.1) is 6.92 Å². The molecule has 41 heavy (non-hydrogen) atoms. The first-order valence-corrected chi connectivity index (χ1v) is 14.8. The third-order valence-electron chi connectivity index (χ3n) is 6.80. The van der Waals surface area contributed by atoms with E-state index in [2.05, 4.69) is 51.3 Å². The number of rotatable bonds is 12. The fraction of sp³-hybridized carbons (Fsp3) is 0.290. The number of benzene rings is 3. The lowest BCUT2D eigenvalue weighted by atomic mass is 10.1. The number of carbonyl (C=O) groups excluding carboxylic acids is 1. The molecule has 3 aromatic carbocycles. The van der Waals surface area contributed by atoms with E-state index in [1.807, 2.05) is 36.4 Å². The van der Waals surface area contributed by atoms with E-state index in [1.54, 1.807) is 14.2 Å². The smallest absolute Gasteiger partial charge is 0.220 e. The molecule has 8 nitrogen and oxygen atoms in total. The van der Waals surface area contributed by atoms with Crippen molar-refractivity contribution >= 4 is 51.3 Å². The van der Waals surface area contributed by atoms with E-state index in [0.29, 0.717) is 59.8 Å². The van der Waals surface area contributed by atoms with Crippen molar-refractivity contribution in [2.45, 2.75) is 37.9 Å². The molecule has 0 saturated heterocycles. The van der Waals surface area contributed by atoms with Gasteiger partial charge in [0.1, 0.15) is 5.52 Å². The fourth-order valence-electron chi connectivity index (χ4n) is 4.76. The van der Waals surface area contributed by atoms with E-state index >= 15 is 0 Å². The second kappa shape index (κ2) is 13.2. The van der Waals surface area contributed by atoms with Gasteiger partial charge in [-0.25, -0.2) is 4.98 Å². The summed E-state index contributed by atoms with van der Waals surface area (Å²) in [5, 5.41) is 14.3. The highest BCUT2D eigenvalue weighted by atomic mass is 35.5. The number of fused-ring (bicyclic) bond motifs is 3. The van der Waals surface area contributed by atoms with Crippen LogP contribution in [0.1, 0.15) is 29.5 Å². The topological polar surface area (TPSA) is 91.2 Å². The standard InChI is InChI=1S/C31H32ClN5O3S/c1-20-9-11-25-24(16-20)29-30(37(25)19-22-6-4-7-23(32)17-22)34-31(36-35-29)41-15-5-8-28(38)33-14-13-21-10-12-26(39-2)27(18-21)40-3/h4,6-7,9-12,16-18H,5,8,13-15,19H2,1-3H3,(H,33,38). The van der Waals surface area contributed by atoms with Gasteiger partial charge in [0.15, 0.2) is 17.1 Å². The number of thioether (sulfide) groups is 1. The quantitative estimate of drug-likeness (QED) is 0.136. The molecule has 1 N–H and O–H groups in total. The lowest BCUT2D eigenvalue weighted by Crippen LogP contribution is -2.25. The van der Waals surface area contributed by atoms with Gasteiger partial charge in [-0.1, -0.05) is 53.2 Å². The van der Waals surface area contributed by atoms with Crippen LogP contribution in [0.25, 0.3) is 22.1 Å². The molecule has 2 heterocycles. The van der Waals surface area contributed by atoms with Gasteiger partial charge in [0.05, 0.1) is 19.7 Å². The van der Waals surface area contributed by atoms with Gasteiger partial charge in [0.25, 0.3) is 0 Å². The van der Waals surface area contributed by atoms with Crippen LogP contribution < -0.4 is 14.8 Å². The van der Waals surface area contributed by atoms with Gasteiger partial charge in [0.2, 0.25) is 11.1 Å². The van der Waals surface area contributed by atoms with Crippen molar-refractivity contribution in [1.82, 2.24) is 25.1 Å². The van der Waals surface area contributed by atoms with Gasteiger partial charge < -0.3 is 19.4 Å². The van der Waals surface area contributed by atoms with Gasteiger partial charge in [-0.2, -0.15) is 0 Å². The average Bonchev–Trinajstić information content (AvgIpc) is 3.26. The Balaban J connectivity index is 1.19. The third kappa shape index (κ3) is 6.92. The number of nitrogens with one attached hydrogen (secondary N) is 1. The molecular formula is C31H32ClN5O3S. The van der Waals surface area contributed by atoms with Crippen LogP contribution in [-0.2, 0) is 17.8 Å². The van der Waals surface area contributed by atoms with Crippen molar-refractivity contribution < 1.29 is 14.3 Å². The van der Waals surface area contributed by atoms with Crippen LogP contribution in [0.5, 0.6) is 11.5 Å². The molecule has 5 aromatic rings. The normalized spacial score (nSPS) is 11.2. The Labute approximate surface area is 248 Å². The molecule has 1 amide bonds. The summed E-state index contributed by atoms with van der Waals surface area (Å²) in [7, 11) is 3.22. The van der Waals surface area contributed by atoms with Crippen molar-refractivity contribution in [3.63, 3.8) is 0 Å². The number of halogens is 1. The summed E-state index contributed by atoms with van der Waals surface area (Å²) in [4.78, 5) is 17.3. The fourth-order valence-corrected chi connectivity index (χ4v) is 5.69. The molecule has 212 valence electrons. The van der Waals surface area contributed by atoms with Crippen LogP contribution in [-0.4, -0.2) is 52.2 Å². The molecule has 0 spiro atoms. The number of hydrogen-bond acceptors (Lipinski definition) is 7. The Morgan fingerprint density at radius 1 is 1.00 bits per heavy atom. The zero-order chi connectivity index (χ0) is 28.8. The number of carbonyl (C=O) groups is 1. The largest absolute Gasteiger partial charge is 0.493 e. The molecule has 0 radical (unpaired) electrons. The van der Waals surface area contributed by atoms with Crippen LogP contribution in [0.15, 0.2) is 65.8 Å². The molecule has 0 bridgehead atoms. The molecule has 0 aliphatic rings. The maximum Gasteiger partial charge on any atom is 0.220 e. The molecule has 0 aliphatic carbocycles. The molecule has 2 aromatic heterocycles. The molecule has 0 fully saturated rings. The summed E-state index contributed by atoms with van der Waals surface area (Å²) in [6.07, 6.45) is 1.85. The summed E-state index contributed by atoms with van der Waals surface area (Å²) in [5.41, 5.74) is 5.93. The molecule has 0 atom stereocenters. The first-order valence-electron chi connectivity index (χ1n) is 13.4. The number of aromatic nitrogens is 4. The lowest BCUT2D eigenvalue weighted by Gasteiger charge is -2.10. The van der Waals surface area contributed by atoms with Crippen molar-refractivity contribution in [1.29, 1.82) is 0 Å².